The minimum atomic E-state index is -0.609. The van der Waals surface area contributed by atoms with Gasteiger partial charge in [0.25, 0.3) is 5.56 Å². The van der Waals surface area contributed by atoms with Crippen LogP contribution in [0.25, 0.3) is 21.8 Å². The van der Waals surface area contributed by atoms with Gasteiger partial charge in [-0.05, 0) is 23.8 Å². The van der Waals surface area contributed by atoms with Crippen molar-refractivity contribution in [2.45, 2.75) is 45.7 Å². The number of aromatic nitrogens is 3. The van der Waals surface area contributed by atoms with E-state index in [4.69, 9.17) is 0 Å². The van der Waals surface area contributed by atoms with Crippen molar-refractivity contribution in [1.82, 2.24) is 19.9 Å². The van der Waals surface area contributed by atoms with E-state index in [9.17, 15) is 9.59 Å². The summed E-state index contributed by atoms with van der Waals surface area (Å²) in [7, 11) is 0. The van der Waals surface area contributed by atoms with Gasteiger partial charge < -0.3 is 10.3 Å². The van der Waals surface area contributed by atoms with Crippen LogP contribution in [0.15, 0.2) is 59.5 Å². The summed E-state index contributed by atoms with van der Waals surface area (Å²) in [6.45, 7) is 4.63. The fraction of sp³-hybridized carbons (Fsp3) is 0.292. The highest BCUT2D eigenvalue weighted by molar-refractivity contribution is 5.86. The molecule has 1 aliphatic heterocycles. The van der Waals surface area contributed by atoms with Gasteiger partial charge in [-0.3, -0.25) is 14.2 Å². The van der Waals surface area contributed by atoms with Crippen LogP contribution in [-0.4, -0.2) is 20.4 Å². The third-order valence-electron chi connectivity index (χ3n) is 5.50. The second-order valence-corrected chi connectivity index (χ2v) is 7.52. The third kappa shape index (κ3) is 3.61. The maximum atomic E-state index is 13.1. The van der Waals surface area contributed by atoms with Crippen molar-refractivity contribution in [3.8, 4) is 0 Å². The summed E-state index contributed by atoms with van der Waals surface area (Å²) >= 11 is 0. The molecule has 0 spiro atoms. The standard InChI is InChI=1S/C20H16N4O2.C4H10/c25-19-17(9-12-10-21-15-7-3-1-5-13(12)15)24-18(11-22-19)23-16-8-4-2-6-14(16)20(24)26;1-3-4-2/h1-8,10,17,21H,9,11H2,(H,22,25);3-4H2,1-2H3. The van der Waals surface area contributed by atoms with E-state index in [1.165, 1.54) is 12.8 Å². The monoisotopic (exact) mass is 402 g/mol. The Kier molecular flexibility index (Phi) is 5.65. The molecule has 0 aliphatic carbocycles. The maximum absolute atomic E-state index is 13.1. The molecule has 6 nitrogen and oxygen atoms in total. The Morgan fingerprint density at radius 3 is 2.47 bits per heavy atom. The molecule has 2 aromatic heterocycles. The Morgan fingerprint density at radius 1 is 1.00 bits per heavy atom. The highest BCUT2D eigenvalue weighted by Crippen LogP contribution is 2.25. The SMILES string of the molecule is CCCC.O=C1NCc2nc3ccccc3c(=O)n2C1Cc1c[nH]c2ccccc12. The molecule has 1 unspecified atom stereocenters. The van der Waals surface area contributed by atoms with E-state index in [0.717, 1.165) is 16.5 Å². The van der Waals surface area contributed by atoms with Crippen LogP contribution >= 0.6 is 0 Å². The van der Waals surface area contributed by atoms with E-state index in [2.05, 4.69) is 29.1 Å². The lowest BCUT2D eigenvalue weighted by Gasteiger charge is -2.27. The number of nitrogens with zero attached hydrogens (tertiary/aromatic N) is 2. The lowest BCUT2D eigenvalue weighted by molar-refractivity contribution is -0.125. The fourth-order valence-corrected chi connectivity index (χ4v) is 3.73. The number of benzene rings is 2. The van der Waals surface area contributed by atoms with Gasteiger partial charge in [0.15, 0.2) is 0 Å². The predicted molar refractivity (Wildman–Crippen MR) is 119 cm³/mol. The molecule has 1 atom stereocenters. The van der Waals surface area contributed by atoms with E-state index in [1.807, 2.05) is 48.7 Å². The molecule has 2 aromatic carbocycles. The number of H-pyrrole nitrogens is 1. The Hall–Kier alpha value is -3.41. The van der Waals surface area contributed by atoms with E-state index in [-0.39, 0.29) is 18.0 Å². The van der Waals surface area contributed by atoms with Crippen LogP contribution in [0.5, 0.6) is 0 Å². The van der Waals surface area contributed by atoms with Crippen LogP contribution in [0.4, 0.5) is 0 Å². The van der Waals surface area contributed by atoms with Crippen molar-refractivity contribution in [2.24, 2.45) is 0 Å². The predicted octanol–water partition coefficient (Wildman–Crippen LogP) is 4.10. The average Bonchev–Trinajstić information content (AvgIpc) is 3.19. The van der Waals surface area contributed by atoms with E-state index in [1.54, 1.807) is 10.6 Å². The Balaban J connectivity index is 0.000000503. The summed E-state index contributed by atoms with van der Waals surface area (Å²) in [5, 5.41) is 4.47. The molecule has 6 heteroatoms. The summed E-state index contributed by atoms with van der Waals surface area (Å²) in [4.78, 5) is 33.5. The number of unbranched alkanes of at least 4 members (excludes halogenated alkanes) is 1. The number of rotatable bonds is 3. The lowest BCUT2D eigenvalue weighted by Crippen LogP contribution is -2.45. The molecule has 0 saturated carbocycles. The number of aromatic amines is 1. The van der Waals surface area contributed by atoms with Crippen molar-refractivity contribution >= 4 is 27.7 Å². The summed E-state index contributed by atoms with van der Waals surface area (Å²) < 4.78 is 1.56. The molecule has 0 radical (unpaired) electrons. The topological polar surface area (TPSA) is 79.8 Å². The zero-order valence-electron chi connectivity index (χ0n) is 17.3. The van der Waals surface area contributed by atoms with Gasteiger partial charge in [-0.2, -0.15) is 0 Å². The molecule has 30 heavy (non-hydrogen) atoms. The van der Waals surface area contributed by atoms with Gasteiger partial charge in [0.2, 0.25) is 5.91 Å². The minimum Gasteiger partial charge on any atom is -0.361 e. The average molecular weight is 402 g/mol. The molecule has 154 valence electrons. The molecule has 3 heterocycles. The minimum absolute atomic E-state index is 0.151. The van der Waals surface area contributed by atoms with Crippen LogP contribution in [-0.2, 0) is 17.8 Å². The number of hydrogen-bond acceptors (Lipinski definition) is 3. The smallest absolute Gasteiger partial charge is 0.262 e. The zero-order chi connectivity index (χ0) is 21.1. The van der Waals surface area contributed by atoms with Crippen molar-refractivity contribution in [2.75, 3.05) is 0 Å². The van der Waals surface area contributed by atoms with Gasteiger partial charge in [0, 0.05) is 23.5 Å². The normalized spacial score (nSPS) is 15.4. The van der Waals surface area contributed by atoms with E-state index < -0.39 is 6.04 Å². The molecule has 0 bridgehead atoms. The molecular weight excluding hydrogens is 376 g/mol. The summed E-state index contributed by atoms with van der Waals surface area (Å²) in [6, 6.07) is 14.6. The first-order valence-corrected chi connectivity index (χ1v) is 10.5. The lowest BCUT2D eigenvalue weighted by atomic mass is 10.0. The third-order valence-corrected chi connectivity index (χ3v) is 5.50. The number of amides is 1. The Labute approximate surface area is 175 Å². The van der Waals surface area contributed by atoms with Gasteiger partial charge in [0.1, 0.15) is 11.9 Å². The second-order valence-electron chi connectivity index (χ2n) is 7.52. The number of hydrogen-bond donors (Lipinski definition) is 2. The maximum Gasteiger partial charge on any atom is 0.262 e. The number of carbonyl (C=O) groups is 1. The second kappa shape index (κ2) is 8.53. The molecule has 4 aromatic rings. The summed E-state index contributed by atoms with van der Waals surface area (Å²) in [5.74, 6) is 0.445. The molecule has 5 rings (SSSR count). The quantitative estimate of drug-likeness (QED) is 0.541. The molecule has 2 N–H and O–H groups in total. The zero-order valence-corrected chi connectivity index (χ0v) is 17.3. The van der Waals surface area contributed by atoms with Crippen LogP contribution in [0.1, 0.15) is 44.1 Å². The van der Waals surface area contributed by atoms with Gasteiger partial charge >= 0.3 is 0 Å². The van der Waals surface area contributed by atoms with E-state index in [0.29, 0.717) is 23.1 Å². The van der Waals surface area contributed by atoms with Crippen molar-refractivity contribution in [3.63, 3.8) is 0 Å². The number of fused-ring (bicyclic) bond motifs is 3. The fourth-order valence-electron chi connectivity index (χ4n) is 3.73. The van der Waals surface area contributed by atoms with Gasteiger partial charge in [-0.15, -0.1) is 0 Å². The largest absolute Gasteiger partial charge is 0.361 e. The van der Waals surface area contributed by atoms with Crippen molar-refractivity contribution in [3.05, 3.63) is 76.5 Å². The molecule has 1 amide bonds. The number of para-hydroxylation sites is 2. The summed E-state index contributed by atoms with van der Waals surface area (Å²) in [5.41, 5.74) is 2.52. The number of carbonyl (C=O) groups excluding carboxylic acids is 1. The van der Waals surface area contributed by atoms with E-state index >= 15 is 0 Å². The number of nitrogens with one attached hydrogen (secondary N) is 2. The van der Waals surface area contributed by atoms with Crippen molar-refractivity contribution in [1.29, 1.82) is 0 Å². The van der Waals surface area contributed by atoms with Crippen molar-refractivity contribution < 1.29 is 4.79 Å². The van der Waals surface area contributed by atoms with Crippen LogP contribution < -0.4 is 10.9 Å². The first-order valence-electron chi connectivity index (χ1n) is 10.5. The molecule has 0 fully saturated rings. The van der Waals surface area contributed by atoms with Crippen LogP contribution in [0.3, 0.4) is 0 Å². The molecule has 1 aliphatic rings. The highest BCUT2D eigenvalue weighted by Gasteiger charge is 2.30. The Bertz CT molecular complexity index is 1250. The van der Waals surface area contributed by atoms with Crippen LogP contribution in [0, 0.1) is 0 Å². The first kappa shape index (κ1) is 19.9. The molecular formula is C24H26N4O2. The summed E-state index contributed by atoms with van der Waals surface area (Å²) in [6.07, 6.45) is 4.98. The van der Waals surface area contributed by atoms with Gasteiger partial charge in [0.05, 0.1) is 17.4 Å². The van der Waals surface area contributed by atoms with Gasteiger partial charge in [-0.1, -0.05) is 57.0 Å². The highest BCUT2D eigenvalue weighted by atomic mass is 16.2. The van der Waals surface area contributed by atoms with Gasteiger partial charge in [-0.25, -0.2) is 4.98 Å². The molecule has 0 saturated heterocycles. The first-order chi connectivity index (χ1) is 14.6. The Morgan fingerprint density at radius 2 is 1.70 bits per heavy atom. The van der Waals surface area contributed by atoms with Crippen LogP contribution in [0.2, 0.25) is 0 Å².